The molecule has 1 aromatic rings. The van der Waals surface area contributed by atoms with Crippen LogP contribution in [0, 0.1) is 0 Å². The summed E-state index contributed by atoms with van der Waals surface area (Å²) in [6, 6.07) is 5.67. The van der Waals surface area contributed by atoms with Gasteiger partial charge in [-0.3, -0.25) is 0 Å². The third-order valence-corrected chi connectivity index (χ3v) is 2.95. The molecule has 0 saturated carbocycles. The van der Waals surface area contributed by atoms with Gasteiger partial charge in [-0.1, -0.05) is 32.0 Å². The van der Waals surface area contributed by atoms with Crippen molar-refractivity contribution in [3.05, 3.63) is 29.3 Å². The van der Waals surface area contributed by atoms with Crippen LogP contribution in [-0.4, -0.2) is 18.7 Å². The number of nitrogens with two attached hydrogens (primary N) is 1. The quantitative estimate of drug-likeness (QED) is 0.581. The lowest BCUT2D eigenvalue weighted by molar-refractivity contribution is 0.115. The molecule has 4 heteroatoms. The van der Waals surface area contributed by atoms with E-state index in [1.165, 1.54) is 12.8 Å². The summed E-state index contributed by atoms with van der Waals surface area (Å²) in [5, 5.41) is 0. The monoisotopic (exact) mass is 267 g/mol. The topological polar surface area (TPSA) is 44.5 Å². The van der Waals surface area contributed by atoms with Crippen molar-refractivity contribution in [1.82, 2.24) is 0 Å². The van der Waals surface area contributed by atoms with E-state index in [1.54, 1.807) is 7.11 Å². The molecule has 18 heavy (non-hydrogen) atoms. The van der Waals surface area contributed by atoms with Gasteiger partial charge in [0.05, 0.1) is 13.7 Å². The van der Waals surface area contributed by atoms with E-state index in [4.69, 9.17) is 27.4 Å². The van der Waals surface area contributed by atoms with E-state index in [9.17, 15) is 0 Å². The Kier molecular flexibility index (Phi) is 6.68. The average molecular weight is 267 g/mol. The SMILES string of the molecule is CCCCCOCc1cc(C(N)=S)ccc1OC. The number of thiocarbonyl (C=S) groups is 1. The van der Waals surface area contributed by atoms with Gasteiger partial charge in [0.15, 0.2) is 0 Å². The lowest BCUT2D eigenvalue weighted by Crippen LogP contribution is -2.10. The van der Waals surface area contributed by atoms with Crippen LogP contribution in [0.2, 0.25) is 0 Å². The summed E-state index contributed by atoms with van der Waals surface area (Å²) in [6.45, 7) is 3.48. The van der Waals surface area contributed by atoms with Gasteiger partial charge >= 0.3 is 0 Å². The normalized spacial score (nSPS) is 10.3. The summed E-state index contributed by atoms with van der Waals surface area (Å²) < 4.78 is 10.9. The van der Waals surface area contributed by atoms with E-state index in [2.05, 4.69) is 6.92 Å². The molecule has 2 N–H and O–H groups in total. The molecule has 100 valence electrons. The summed E-state index contributed by atoms with van der Waals surface area (Å²) in [5.41, 5.74) is 7.45. The number of ether oxygens (including phenoxy) is 2. The molecule has 0 heterocycles. The summed E-state index contributed by atoms with van der Waals surface area (Å²) in [5.74, 6) is 0.811. The molecule has 0 radical (unpaired) electrons. The minimum atomic E-state index is 0.393. The summed E-state index contributed by atoms with van der Waals surface area (Å²) >= 11 is 4.97. The van der Waals surface area contributed by atoms with Crippen LogP contribution in [0.5, 0.6) is 5.75 Å². The van der Waals surface area contributed by atoms with E-state index in [0.717, 1.165) is 29.9 Å². The molecule has 0 aliphatic carbocycles. The molecule has 0 aliphatic heterocycles. The Labute approximate surface area is 114 Å². The first-order valence-electron chi connectivity index (χ1n) is 6.23. The van der Waals surface area contributed by atoms with Gasteiger partial charge in [0, 0.05) is 17.7 Å². The fourth-order valence-electron chi connectivity index (χ4n) is 1.68. The zero-order valence-corrected chi connectivity index (χ0v) is 11.9. The minimum absolute atomic E-state index is 0.393. The molecule has 1 rings (SSSR count). The van der Waals surface area contributed by atoms with E-state index in [-0.39, 0.29) is 0 Å². The fourth-order valence-corrected chi connectivity index (χ4v) is 1.81. The lowest BCUT2D eigenvalue weighted by Gasteiger charge is -2.11. The summed E-state index contributed by atoms with van der Waals surface area (Å²) in [4.78, 5) is 0.393. The highest BCUT2D eigenvalue weighted by Crippen LogP contribution is 2.21. The molecule has 3 nitrogen and oxygen atoms in total. The molecule has 0 aliphatic rings. The van der Waals surface area contributed by atoms with E-state index in [0.29, 0.717) is 11.6 Å². The second kappa shape index (κ2) is 8.06. The van der Waals surface area contributed by atoms with Gasteiger partial charge in [-0.2, -0.15) is 0 Å². The Morgan fingerprint density at radius 2 is 2.11 bits per heavy atom. The molecule has 0 spiro atoms. The largest absolute Gasteiger partial charge is 0.496 e. The van der Waals surface area contributed by atoms with Crippen molar-refractivity contribution >= 4 is 17.2 Å². The zero-order valence-electron chi connectivity index (χ0n) is 11.1. The fraction of sp³-hybridized carbons (Fsp3) is 0.500. The lowest BCUT2D eigenvalue weighted by atomic mass is 10.1. The Morgan fingerprint density at radius 3 is 2.72 bits per heavy atom. The van der Waals surface area contributed by atoms with Gasteiger partial charge in [0.2, 0.25) is 0 Å². The first-order valence-corrected chi connectivity index (χ1v) is 6.64. The van der Waals surface area contributed by atoms with Crippen LogP contribution in [-0.2, 0) is 11.3 Å². The Morgan fingerprint density at radius 1 is 1.33 bits per heavy atom. The number of hydrogen-bond donors (Lipinski definition) is 1. The van der Waals surface area contributed by atoms with Crippen LogP contribution in [0.15, 0.2) is 18.2 Å². The van der Waals surface area contributed by atoms with E-state index < -0.39 is 0 Å². The number of benzene rings is 1. The third kappa shape index (κ3) is 4.63. The molecule has 1 aromatic carbocycles. The molecule has 0 fully saturated rings. The van der Waals surface area contributed by atoms with Gasteiger partial charge in [0.1, 0.15) is 10.7 Å². The molecule has 0 atom stereocenters. The van der Waals surface area contributed by atoms with Crippen molar-refractivity contribution in [3.63, 3.8) is 0 Å². The van der Waals surface area contributed by atoms with Crippen molar-refractivity contribution in [2.45, 2.75) is 32.8 Å². The average Bonchev–Trinajstić information content (AvgIpc) is 2.38. The molecule has 0 aromatic heterocycles. The smallest absolute Gasteiger partial charge is 0.124 e. The molecular weight excluding hydrogens is 246 g/mol. The van der Waals surface area contributed by atoms with Crippen LogP contribution < -0.4 is 10.5 Å². The number of methoxy groups -OCH3 is 1. The van der Waals surface area contributed by atoms with Crippen LogP contribution in [0.25, 0.3) is 0 Å². The van der Waals surface area contributed by atoms with Crippen molar-refractivity contribution in [3.8, 4) is 5.75 Å². The Balaban J connectivity index is 2.61. The van der Waals surface area contributed by atoms with Gasteiger partial charge < -0.3 is 15.2 Å². The summed E-state index contributed by atoms with van der Waals surface area (Å²) in [7, 11) is 1.65. The highest BCUT2D eigenvalue weighted by atomic mass is 32.1. The predicted molar refractivity (Wildman–Crippen MR) is 78.1 cm³/mol. The second-order valence-electron chi connectivity index (χ2n) is 4.15. The van der Waals surface area contributed by atoms with Crippen molar-refractivity contribution in [2.24, 2.45) is 5.73 Å². The van der Waals surface area contributed by atoms with Crippen molar-refractivity contribution in [2.75, 3.05) is 13.7 Å². The number of hydrogen-bond acceptors (Lipinski definition) is 3. The van der Waals surface area contributed by atoms with Crippen LogP contribution in [0.1, 0.15) is 37.3 Å². The Hall–Kier alpha value is -1.13. The van der Waals surface area contributed by atoms with E-state index >= 15 is 0 Å². The van der Waals surface area contributed by atoms with Crippen LogP contribution in [0.4, 0.5) is 0 Å². The van der Waals surface area contributed by atoms with Gasteiger partial charge in [-0.05, 0) is 24.6 Å². The highest BCUT2D eigenvalue weighted by Gasteiger charge is 2.06. The van der Waals surface area contributed by atoms with Gasteiger partial charge in [0.25, 0.3) is 0 Å². The third-order valence-electron chi connectivity index (χ3n) is 2.71. The van der Waals surface area contributed by atoms with Gasteiger partial charge in [-0.15, -0.1) is 0 Å². The molecule has 0 bridgehead atoms. The van der Waals surface area contributed by atoms with Crippen molar-refractivity contribution in [1.29, 1.82) is 0 Å². The molecule has 0 saturated heterocycles. The molecular formula is C14H21NO2S. The van der Waals surface area contributed by atoms with Gasteiger partial charge in [-0.25, -0.2) is 0 Å². The van der Waals surface area contributed by atoms with Crippen LogP contribution in [0.3, 0.4) is 0 Å². The maximum Gasteiger partial charge on any atom is 0.124 e. The Bertz CT molecular complexity index is 393. The first kappa shape index (κ1) is 14.9. The zero-order chi connectivity index (χ0) is 13.4. The standard InChI is InChI=1S/C14H21NO2S/c1-3-4-5-8-17-10-12-9-11(14(15)18)6-7-13(12)16-2/h6-7,9H,3-5,8,10H2,1-2H3,(H2,15,18). The summed E-state index contributed by atoms with van der Waals surface area (Å²) in [6.07, 6.45) is 3.49. The molecule has 0 amide bonds. The number of unbranched alkanes of at least 4 members (excludes halogenated alkanes) is 2. The maximum absolute atomic E-state index is 5.63. The van der Waals surface area contributed by atoms with E-state index in [1.807, 2.05) is 18.2 Å². The molecule has 0 unspecified atom stereocenters. The highest BCUT2D eigenvalue weighted by molar-refractivity contribution is 7.80. The minimum Gasteiger partial charge on any atom is -0.496 e. The van der Waals surface area contributed by atoms with Crippen LogP contribution >= 0.6 is 12.2 Å². The number of rotatable bonds is 8. The van der Waals surface area contributed by atoms with Crippen molar-refractivity contribution < 1.29 is 9.47 Å². The predicted octanol–water partition coefficient (Wildman–Crippen LogP) is 3.04. The first-order chi connectivity index (χ1) is 8.69. The maximum atomic E-state index is 5.63. The second-order valence-corrected chi connectivity index (χ2v) is 4.59.